The Morgan fingerprint density at radius 3 is 2.38 bits per heavy atom. The maximum atomic E-state index is 13.5. The van der Waals surface area contributed by atoms with Crippen molar-refractivity contribution in [3.63, 3.8) is 0 Å². The van der Waals surface area contributed by atoms with Crippen LogP contribution in [-0.2, 0) is 15.0 Å². The van der Waals surface area contributed by atoms with E-state index < -0.39 is 11.5 Å². The van der Waals surface area contributed by atoms with Crippen LogP contribution in [0, 0.1) is 20.8 Å². The lowest BCUT2D eigenvalue weighted by Gasteiger charge is -2.29. The molecule has 4 rings (SSSR count). The van der Waals surface area contributed by atoms with E-state index in [0.29, 0.717) is 16.4 Å². The summed E-state index contributed by atoms with van der Waals surface area (Å²) in [6, 6.07) is 14.8. The number of nitrogens with one attached hydrogen (secondary N) is 2. The van der Waals surface area contributed by atoms with Gasteiger partial charge in [0.1, 0.15) is 6.04 Å². The third-order valence-electron chi connectivity index (χ3n) is 6.74. The molecular formula is C27H31ClN4O2. The van der Waals surface area contributed by atoms with Crippen molar-refractivity contribution in [3.8, 4) is 0 Å². The molecule has 1 heterocycles. The molecule has 0 aliphatic heterocycles. The molecule has 34 heavy (non-hydrogen) atoms. The molecule has 1 aliphatic carbocycles. The van der Waals surface area contributed by atoms with E-state index in [1.54, 1.807) is 29.8 Å². The first-order chi connectivity index (χ1) is 16.2. The summed E-state index contributed by atoms with van der Waals surface area (Å²) in [4.78, 5) is 26.3. The Hall–Kier alpha value is -3.12. The second-order valence-electron chi connectivity index (χ2n) is 9.34. The minimum atomic E-state index is -0.527. The van der Waals surface area contributed by atoms with Gasteiger partial charge in [0.15, 0.2) is 0 Å². The number of amides is 2. The van der Waals surface area contributed by atoms with E-state index >= 15 is 0 Å². The highest BCUT2D eigenvalue weighted by Gasteiger charge is 2.42. The van der Waals surface area contributed by atoms with Gasteiger partial charge in [-0.25, -0.2) is 0 Å². The van der Waals surface area contributed by atoms with Crippen LogP contribution in [0.1, 0.15) is 61.2 Å². The third kappa shape index (κ3) is 4.73. The monoisotopic (exact) mass is 478 g/mol. The molecule has 0 radical (unpaired) electrons. The summed E-state index contributed by atoms with van der Waals surface area (Å²) in [7, 11) is 0. The molecule has 3 aromatic rings. The summed E-state index contributed by atoms with van der Waals surface area (Å²) in [6.45, 7) is 7.66. The molecule has 2 amide bonds. The van der Waals surface area contributed by atoms with Gasteiger partial charge in [-0.1, -0.05) is 54.3 Å². The first-order valence-electron chi connectivity index (χ1n) is 11.7. The van der Waals surface area contributed by atoms with Gasteiger partial charge in [0.05, 0.1) is 21.8 Å². The minimum Gasteiger partial charge on any atom is -0.325 e. The Kier molecular flexibility index (Phi) is 6.80. The van der Waals surface area contributed by atoms with E-state index in [1.165, 1.54) is 0 Å². The molecule has 1 atom stereocenters. The predicted molar refractivity (Wildman–Crippen MR) is 136 cm³/mol. The van der Waals surface area contributed by atoms with Gasteiger partial charge in [-0.2, -0.15) is 5.10 Å². The molecule has 178 valence electrons. The van der Waals surface area contributed by atoms with E-state index in [9.17, 15) is 9.59 Å². The number of carbonyl (C=O) groups excluding carboxylic acids is 2. The topological polar surface area (TPSA) is 76.0 Å². The van der Waals surface area contributed by atoms with Gasteiger partial charge in [-0.05, 0) is 70.4 Å². The van der Waals surface area contributed by atoms with Crippen LogP contribution in [-0.4, -0.2) is 21.6 Å². The number of carbonyl (C=O) groups is 2. The second-order valence-corrected chi connectivity index (χ2v) is 9.75. The number of hydrogen-bond donors (Lipinski definition) is 2. The normalized spacial score (nSPS) is 15.7. The highest BCUT2D eigenvalue weighted by molar-refractivity contribution is 6.34. The van der Waals surface area contributed by atoms with Crippen molar-refractivity contribution in [2.45, 2.75) is 64.8 Å². The van der Waals surface area contributed by atoms with E-state index in [4.69, 9.17) is 11.6 Å². The summed E-state index contributed by atoms with van der Waals surface area (Å²) in [5, 5.41) is 10.7. The molecule has 1 fully saturated rings. The Balaban J connectivity index is 1.49. The molecule has 6 nitrogen and oxygen atoms in total. The van der Waals surface area contributed by atoms with Gasteiger partial charge in [-0.15, -0.1) is 0 Å². The zero-order chi connectivity index (χ0) is 24.5. The van der Waals surface area contributed by atoms with Crippen molar-refractivity contribution in [2.24, 2.45) is 0 Å². The maximum absolute atomic E-state index is 13.5. The van der Waals surface area contributed by atoms with E-state index in [0.717, 1.165) is 48.2 Å². The van der Waals surface area contributed by atoms with Crippen LogP contribution >= 0.6 is 11.6 Å². The van der Waals surface area contributed by atoms with Crippen LogP contribution in [0.3, 0.4) is 0 Å². The van der Waals surface area contributed by atoms with Crippen molar-refractivity contribution >= 4 is 34.8 Å². The molecule has 2 aromatic carbocycles. The summed E-state index contributed by atoms with van der Waals surface area (Å²) in [5.74, 6) is -0.226. The van der Waals surface area contributed by atoms with Gasteiger partial charge in [-0.3, -0.25) is 14.3 Å². The van der Waals surface area contributed by atoms with Crippen molar-refractivity contribution in [1.82, 2.24) is 9.78 Å². The molecule has 1 aliphatic rings. The number of aromatic nitrogens is 2. The highest BCUT2D eigenvalue weighted by Crippen LogP contribution is 2.42. The molecular weight excluding hydrogens is 448 g/mol. The van der Waals surface area contributed by atoms with Gasteiger partial charge in [0.2, 0.25) is 11.8 Å². The second kappa shape index (κ2) is 9.63. The molecule has 1 saturated carbocycles. The Bertz CT molecular complexity index is 1230. The van der Waals surface area contributed by atoms with E-state index in [2.05, 4.69) is 21.8 Å². The first-order valence-corrected chi connectivity index (χ1v) is 12.1. The largest absolute Gasteiger partial charge is 0.325 e. The Morgan fingerprint density at radius 2 is 1.76 bits per heavy atom. The van der Waals surface area contributed by atoms with Gasteiger partial charge in [0.25, 0.3) is 0 Å². The number of anilines is 2. The molecule has 1 aromatic heterocycles. The van der Waals surface area contributed by atoms with Gasteiger partial charge in [0, 0.05) is 11.4 Å². The fraction of sp³-hybridized carbons (Fsp3) is 0.370. The molecule has 1 unspecified atom stereocenters. The summed E-state index contributed by atoms with van der Waals surface area (Å²) >= 11 is 6.49. The maximum Gasteiger partial charge on any atom is 0.248 e. The molecule has 0 spiro atoms. The van der Waals surface area contributed by atoms with Crippen molar-refractivity contribution in [3.05, 3.63) is 76.1 Å². The van der Waals surface area contributed by atoms with Crippen LogP contribution in [0.15, 0.2) is 48.5 Å². The van der Waals surface area contributed by atoms with Crippen LogP contribution < -0.4 is 10.6 Å². The number of halogens is 1. The summed E-state index contributed by atoms with van der Waals surface area (Å²) in [6.07, 6.45) is 3.71. The predicted octanol–water partition coefficient (Wildman–Crippen LogP) is 6.11. The Morgan fingerprint density at radius 1 is 1.03 bits per heavy atom. The lowest BCUT2D eigenvalue weighted by molar-refractivity contribution is -0.121. The fourth-order valence-corrected chi connectivity index (χ4v) is 5.13. The van der Waals surface area contributed by atoms with Gasteiger partial charge < -0.3 is 10.6 Å². The lowest BCUT2D eigenvalue weighted by atomic mass is 9.77. The third-order valence-corrected chi connectivity index (χ3v) is 7.05. The standard InChI is InChI=1S/C27H31ClN4O2/c1-17-8-7-9-21(14-17)27(12-5-6-13-27)26(34)29-22-10-11-24(23(28)16-22)30-25(33)20(4)32-19(3)15-18(2)31-32/h7-11,14-16,20H,5-6,12-13H2,1-4H3,(H,29,34)(H,30,33). The minimum absolute atomic E-state index is 0.0124. The SMILES string of the molecule is Cc1cccc(C2(C(=O)Nc3ccc(NC(=O)C(C)n4nc(C)cc4C)c(Cl)c3)CCCC2)c1. The first kappa shape index (κ1) is 24.0. The number of aryl methyl sites for hydroxylation is 3. The Labute approximate surface area is 205 Å². The van der Waals surface area contributed by atoms with Crippen LogP contribution in [0.5, 0.6) is 0 Å². The van der Waals surface area contributed by atoms with Gasteiger partial charge >= 0.3 is 0 Å². The summed E-state index contributed by atoms with van der Waals surface area (Å²) < 4.78 is 1.69. The average molecular weight is 479 g/mol. The zero-order valence-electron chi connectivity index (χ0n) is 20.1. The molecule has 7 heteroatoms. The molecule has 2 N–H and O–H groups in total. The average Bonchev–Trinajstić information content (AvgIpc) is 3.42. The lowest BCUT2D eigenvalue weighted by Crippen LogP contribution is -2.38. The number of rotatable bonds is 6. The van der Waals surface area contributed by atoms with Crippen LogP contribution in [0.25, 0.3) is 0 Å². The van der Waals surface area contributed by atoms with Crippen LogP contribution in [0.4, 0.5) is 11.4 Å². The van der Waals surface area contributed by atoms with Crippen LogP contribution in [0.2, 0.25) is 5.02 Å². The van der Waals surface area contributed by atoms with Crippen molar-refractivity contribution < 1.29 is 9.59 Å². The number of benzene rings is 2. The van der Waals surface area contributed by atoms with E-state index in [-0.39, 0.29) is 11.8 Å². The smallest absolute Gasteiger partial charge is 0.248 e. The quantitative estimate of drug-likeness (QED) is 0.448. The van der Waals surface area contributed by atoms with E-state index in [1.807, 2.05) is 45.0 Å². The fourth-order valence-electron chi connectivity index (χ4n) is 4.90. The van der Waals surface area contributed by atoms with Crippen molar-refractivity contribution in [2.75, 3.05) is 10.6 Å². The zero-order valence-corrected chi connectivity index (χ0v) is 20.9. The highest BCUT2D eigenvalue weighted by atomic mass is 35.5. The van der Waals surface area contributed by atoms with Crippen molar-refractivity contribution in [1.29, 1.82) is 0 Å². The molecule has 0 bridgehead atoms. The number of nitrogens with zero attached hydrogens (tertiary/aromatic N) is 2. The summed E-state index contributed by atoms with van der Waals surface area (Å²) in [5.41, 5.74) is 4.57. The molecule has 0 saturated heterocycles. The number of hydrogen-bond acceptors (Lipinski definition) is 3.